The SMILES string of the molecule is CCOC(=O)NCc1cc(Cl)ccc1F. The summed E-state index contributed by atoms with van der Waals surface area (Å²) < 4.78 is 17.8. The molecule has 0 aliphatic heterocycles. The molecule has 0 radical (unpaired) electrons. The lowest BCUT2D eigenvalue weighted by atomic mass is 10.2. The summed E-state index contributed by atoms with van der Waals surface area (Å²) in [7, 11) is 0. The van der Waals surface area contributed by atoms with E-state index in [2.05, 4.69) is 10.1 Å². The lowest BCUT2D eigenvalue weighted by Gasteiger charge is -2.06. The summed E-state index contributed by atoms with van der Waals surface area (Å²) in [5.41, 5.74) is 0.329. The molecule has 0 heterocycles. The van der Waals surface area contributed by atoms with Crippen molar-refractivity contribution >= 4 is 17.7 Å². The first-order valence-corrected chi connectivity index (χ1v) is 4.86. The number of hydrogen-bond donors (Lipinski definition) is 1. The van der Waals surface area contributed by atoms with Gasteiger partial charge in [-0.25, -0.2) is 9.18 Å². The zero-order valence-corrected chi connectivity index (χ0v) is 8.97. The van der Waals surface area contributed by atoms with Gasteiger partial charge in [0.25, 0.3) is 0 Å². The Kier molecular flexibility index (Phi) is 4.37. The van der Waals surface area contributed by atoms with Crippen molar-refractivity contribution in [2.75, 3.05) is 6.61 Å². The smallest absolute Gasteiger partial charge is 0.407 e. The topological polar surface area (TPSA) is 38.3 Å². The Hall–Kier alpha value is -1.29. The van der Waals surface area contributed by atoms with Gasteiger partial charge in [0.2, 0.25) is 0 Å². The van der Waals surface area contributed by atoms with E-state index in [1.807, 2.05) is 0 Å². The highest BCUT2D eigenvalue weighted by Crippen LogP contribution is 2.14. The summed E-state index contributed by atoms with van der Waals surface area (Å²) in [6, 6.07) is 4.17. The van der Waals surface area contributed by atoms with Crippen molar-refractivity contribution in [2.24, 2.45) is 0 Å². The number of carbonyl (C=O) groups is 1. The molecule has 0 atom stereocenters. The fraction of sp³-hybridized carbons (Fsp3) is 0.300. The van der Waals surface area contributed by atoms with Gasteiger partial charge in [0.15, 0.2) is 0 Å². The van der Waals surface area contributed by atoms with Crippen molar-refractivity contribution in [2.45, 2.75) is 13.5 Å². The molecule has 0 fully saturated rings. The van der Waals surface area contributed by atoms with E-state index >= 15 is 0 Å². The van der Waals surface area contributed by atoms with Crippen molar-refractivity contribution in [3.8, 4) is 0 Å². The van der Waals surface area contributed by atoms with Crippen LogP contribution in [0.3, 0.4) is 0 Å². The maximum Gasteiger partial charge on any atom is 0.407 e. The summed E-state index contributed by atoms with van der Waals surface area (Å²) in [4.78, 5) is 10.9. The number of alkyl carbamates (subject to hydrolysis) is 1. The largest absolute Gasteiger partial charge is 0.450 e. The van der Waals surface area contributed by atoms with Crippen molar-refractivity contribution in [3.63, 3.8) is 0 Å². The molecule has 0 saturated carbocycles. The van der Waals surface area contributed by atoms with Crippen LogP contribution in [0.5, 0.6) is 0 Å². The van der Waals surface area contributed by atoms with Gasteiger partial charge >= 0.3 is 6.09 Å². The Bertz CT molecular complexity index is 357. The van der Waals surface area contributed by atoms with Gasteiger partial charge in [-0.05, 0) is 25.1 Å². The lowest BCUT2D eigenvalue weighted by Crippen LogP contribution is -2.24. The number of ether oxygens (including phenoxy) is 1. The van der Waals surface area contributed by atoms with E-state index in [0.29, 0.717) is 10.6 Å². The molecule has 0 aromatic heterocycles. The Balaban J connectivity index is 2.57. The summed E-state index contributed by atoms with van der Waals surface area (Å²) in [5, 5.41) is 2.84. The standard InChI is InChI=1S/C10H11ClFNO2/c1-2-15-10(14)13-6-7-5-8(11)3-4-9(7)12/h3-5H,2,6H2,1H3,(H,13,14). The fourth-order valence-electron chi connectivity index (χ4n) is 1.03. The van der Waals surface area contributed by atoms with E-state index in [0.717, 1.165) is 0 Å². The van der Waals surface area contributed by atoms with E-state index in [1.165, 1.54) is 18.2 Å². The van der Waals surface area contributed by atoms with E-state index in [4.69, 9.17) is 11.6 Å². The first-order chi connectivity index (χ1) is 7.13. The van der Waals surface area contributed by atoms with Gasteiger partial charge < -0.3 is 10.1 Å². The molecule has 0 spiro atoms. The summed E-state index contributed by atoms with van der Waals surface area (Å²) in [5.74, 6) is -0.406. The molecule has 3 nitrogen and oxygen atoms in total. The van der Waals surface area contributed by atoms with Gasteiger partial charge in [0, 0.05) is 17.1 Å². The van der Waals surface area contributed by atoms with Gasteiger partial charge in [0.05, 0.1) is 6.61 Å². The molecule has 15 heavy (non-hydrogen) atoms. The third-order valence-corrected chi connectivity index (χ3v) is 1.94. The minimum absolute atomic E-state index is 0.0607. The molecule has 0 bridgehead atoms. The van der Waals surface area contributed by atoms with Crippen molar-refractivity contribution in [3.05, 3.63) is 34.6 Å². The van der Waals surface area contributed by atoms with E-state index in [9.17, 15) is 9.18 Å². The zero-order valence-electron chi connectivity index (χ0n) is 8.22. The minimum atomic E-state index is -0.572. The van der Waals surface area contributed by atoms with Gasteiger partial charge in [-0.1, -0.05) is 11.6 Å². The average Bonchev–Trinajstić information content (AvgIpc) is 2.20. The molecule has 1 aromatic carbocycles. The molecule has 0 unspecified atom stereocenters. The normalized spacial score (nSPS) is 9.80. The molecule has 1 aromatic rings. The highest BCUT2D eigenvalue weighted by Gasteiger charge is 2.05. The van der Waals surface area contributed by atoms with E-state index < -0.39 is 11.9 Å². The number of nitrogens with one attached hydrogen (secondary N) is 1. The Morgan fingerprint density at radius 1 is 1.60 bits per heavy atom. The van der Waals surface area contributed by atoms with Crippen LogP contribution in [0.4, 0.5) is 9.18 Å². The van der Waals surface area contributed by atoms with Crippen molar-refractivity contribution in [1.82, 2.24) is 5.32 Å². The maximum absolute atomic E-state index is 13.2. The molecule has 82 valence electrons. The van der Waals surface area contributed by atoms with E-state index in [-0.39, 0.29) is 13.2 Å². The first-order valence-electron chi connectivity index (χ1n) is 4.48. The van der Waals surface area contributed by atoms with Crippen LogP contribution in [0.25, 0.3) is 0 Å². The molecular weight excluding hydrogens is 221 g/mol. The van der Waals surface area contributed by atoms with Crippen LogP contribution in [0.1, 0.15) is 12.5 Å². The molecule has 5 heteroatoms. The van der Waals surface area contributed by atoms with Gasteiger partial charge in [-0.2, -0.15) is 0 Å². The van der Waals surface area contributed by atoms with Crippen LogP contribution < -0.4 is 5.32 Å². The highest BCUT2D eigenvalue weighted by atomic mass is 35.5. The van der Waals surface area contributed by atoms with Crippen molar-refractivity contribution in [1.29, 1.82) is 0 Å². The second-order valence-corrected chi connectivity index (χ2v) is 3.25. The number of benzene rings is 1. The molecular formula is C10H11ClFNO2. The van der Waals surface area contributed by atoms with Crippen LogP contribution in [0, 0.1) is 5.82 Å². The van der Waals surface area contributed by atoms with Crippen molar-refractivity contribution < 1.29 is 13.9 Å². The van der Waals surface area contributed by atoms with Crippen LogP contribution >= 0.6 is 11.6 Å². The molecule has 0 saturated heterocycles. The minimum Gasteiger partial charge on any atom is -0.450 e. The molecule has 1 amide bonds. The van der Waals surface area contributed by atoms with Crippen LogP contribution in [0.15, 0.2) is 18.2 Å². The molecule has 1 N–H and O–H groups in total. The quantitative estimate of drug-likeness (QED) is 0.869. The Labute approximate surface area is 92.2 Å². The molecule has 1 rings (SSSR count). The average molecular weight is 232 g/mol. The number of carbonyl (C=O) groups excluding carboxylic acids is 1. The number of rotatable bonds is 3. The van der Waals surface area contributed by atoms with Gasteiger partial charge in [-0.3, -0.25) is 0 Å². The third-order valence-electron chi connectivity index (χ3n) is 1.71. The second kappa shape index (κ2) is 5.56. The third kappa shape index (κ3) is 3.75. The molecule has 0 aliphatic rings. The first kappa shape index (κ1) is 11.8. The predicted molar refractivity (Wildman–Crippen MR) is 55.3 cm³/mol. The number of amides is 1. The molecule has 0 aliphatic carbocycles. The second-order valence-electron chi connectivity index (χ2n) is 2.81. The number of halogens is 2. The summed E-state index contributed by atoms with van der Waals surface area (Å²) >= 11 is 5.68. The van der Waals surface area contributed by atoms with Gasteiger partial charge in [-0.15, -0.1) is 0 Å². The highest BCUT2D eigenvalue weighted by molar-refractivity contribution is 6.30. The Morgan fingerprint density at radius 3 is 3.00 bits per heavy atom. The predicted octanol–water partition coefficient (Wildman–Crippen LogP) is 2.73. The summed E-state index contributed by atoms with van der Waals surface area (Å²) in [6.07, 6.45) is -0.572. The monoisotopic (exact) mass is 231 g/mol. The maximum atomic E-state index is 13.2. The fourth-order valence-corrected chi connectivity index (χ4v) is 1.22. The van der Waals surface area contributed by atoms with Crippen LogP contribution in [0.2, 0.25) is 5.02 Å². The Morgan fingerprint density at radius 2 is 2.33 bits per heavy atom. The van der Waals surface area contributed by atoms with E-state index in [1.54, 1.807) is 6.92 Å². The van der Waals surface area contributed by atoms with Crippen LogP contribution in [-0.4, -0.2) is 12.7 Å². The number of hydrogen-bond acceptors (Lipinski definition) is 2. The van der Waals surface area contributed by atoms with Crippen LogP contribution in [-0.2, 0) is 11.3 Å². The lowest BCUT2D eigenvalue weighted by molar-refractivity contribution is 0.151. The summed E-state index contributed by atoms with van der Waals surface area (Å²) in [6.45, 7) is 2.04. The zero-order chi connectivity index (χ0) is 11.3. The van der Waals surface area contributed by atoms with Gasteiger partial charge in [0.1, 0.15) is 5.82 Å².